The second kappa shape index (κ2) is 29.8. The molecule has 0 aliphatic carbocycles. The second-order valence-electron chi connectivity index (χ2n) is 14.1. The molecule has 0 fully saturated rings. The fourth-order valence-corrected chi connectivity index (χ4v) is 5.84. The van der Waals surface area contributed by atoms with Crippen molar-refractivity contribution in [2.75, 3.05) is 40.9 Å². The van der Waals surface area contributed by atoms with Crippen LogP contribution in [0.2, 0.25) is 0 Å². The predicted octanol–water partition coefficient (Wildman–Crippen LogP) is 7.75. The lowest BCUT2D eigenvalue weighted by molar-refractivity contribution is -0.870. The normalized spacial score (nSPS) is 15.7. The summed E-state index contributed by atoms with van der Waals surface area (Å²) in [6, 6.07) is -1.01. The molecule has 47 heavy (non-hydrogen) atoms. The number of amides is 1. The SMILES string of the molecule is CCCC/C=C\CCCCCC(O)CC(=O)N[C@@H](COP(=O)([O-])OCC[N+](C)(C)C)[C@H](O)/C=C/CCCCCCCCCCCCC. The highest BCUT2D eigenvalue weighted by Crippen LogP contribution is 2.38. The summed E-state index contributed by atoms with van der Waals surface area (Å²) < 4.78 is 23.0. The van der Waals surface area contributed by atoms with Crippen molar-refractivity contribution in [3.05, 3.63) is 24.3 Å². The van der Waals surface area contributed by atoms with Crippen LogP contribution in [-0.4, -0.2) is 79.8 Å². The minimum absolute atomic E-state index is 0.0376. The maximum atomic E-state index is 12.8. The monoisotopic (exact) mass is 689 g/mol. The van der Waals surface area contributed by atoms with Crippen LogP contribution in [0, 0.1) is 0 Å². The van der Waals surface area contributed by atoms with Gasteiger partial charge in [0, 0.05) is 0 Å². The highest BCUT2D eigenvalue weighted by Gasteiger charge is 2.24. The molecule has 0 aliphatic rings. The van der Waals surface area contributed by atoms with Gasteiger partial charge in [-0.15, -0.1) is 0 Å². The highest BCUT2D eigenvalue weighted by atomic mass is 31.2. The number of aliphatic hydroxyl groups excluding tert-OH is 2. The number of hydrogen-bond acceptors (Lipinski definition) is 7. The Kier molecular flexibility index (Phi) is 29.1. The number of quaternary nitrogens is 1. The molecule has 4 atom stereocenters. The van der Waals surface area contributed by atoms with Gasteiger partial charge in [-0.05, 0) is 38.5 Å². The molecule has 0 saturated carbocycles. The van der Waals surface area contributed by atoms with Crippen LogP contribution >= 0.6 is 7.82 Å². The van der Waals surface area contributed by atoms with Gasteiger partial charge in [0.1, 0.15) is 13.2 Å². The van der Waals surface area contributed by atoms with Crippen molar-refractivity contribution >= 4 is 13.7 Å². The zero-order valence-electron chi connectivity index (χ0n) is 30.8. The zero-order chi connectivity index (χ0) is 35.2. The largest absolute Gasteiger partial charge is 0.756 e. The summed E-state index contributed by atoms with van der Waals surface area (Å²) in [4.78, 5) is 25.1. The average molecular weight is 689 g/mol. The molecular formula is C37H73N2O7P. The number of allylic oxidation sites excluding steroid dienone is 3. The molecule has 0 bridgehead atoms. The van der Waals surface area contributed by atoms with Gasteiger partial charge in [0.05, 0.1) is 52.4 Å². The van der Waals surface area contributed by atoms with E-state index in [1.54, 1.807) is 6.08 Å². The molecular weight excluding hydrogens is 615 g/mol. The minimum atomic E-state index is -4.64. The third kappa shape index (κ3) is 31.9. The number of nitrogens with one attached hydrogen (secondary N) is 1. The van der Waals surface area contributed by atoms with Crippen molar-refractivity contribution in [2.24, 2.45) is 0 Å². The van der Waals surface area contributed by atoms with Crippen LogP contribution in [0.1, 0.15) is 149 Å². The molecule has 0 aromatic carbocycles. The van der Waals surface area contributed by atoms with Crippen molar-refractivity contribution in [2.45, 2.75) is 167 Å². The first-order valence-electron chi connectivity index (χ1n) is 18.8. The lowest BCUT2D eigenvalue weighted by Crippen LogP contribution is -2.46. The molecule has 9 nitrogen and oxygen atoms in total. The third-order valence-electron chi connectivity index (χ3n) is 8.21. The van der Waals surface area contributed by atoms with E-state index in [0.717, 1.165) is 51.4 Å². The van der Waals surface area contributed by atoms with E-state index in [1.807, 2.05) is 27.2 Å². The molecule has 0 aromatic heterocycles. The van der Waals surface area contributed by atoms with Gasteiger partial charge in [-0.2, -0.15) is 0 Å². The molecule has 10 heteroatoms. The Balaban J connectivity index is 4.71. The van der Waals surface area contributed by atoms with Crippen molar-refractivity contribution in [1.29, 1.82) is 0 Å². The molecule has 0 spiro atoms. The van der Waals surface area contributed by atoms with E-state index in [2.05, 4.69) is 31.3 Å². The Bertz CT molecular complexity index is 847. The first kappa shape index (κ1) is 45.9. The summed E-state index contributed by atoms with van der Waals surface area (Å²) in [6.45, 7) is 4.38. The second-order valence-corrected chi connectivity index (χ2v) is 15.5. The van der Waals surface area contributed by atoms with Crippen LogP contribution in [0.15, 0.2) is 24.3 Å². The Morgan fingerprint density at radius 3 is 1.85 bits per heavy atom. The number of phosphoric ester groups is 1. The number of hydrogen-bond donors (Lipinski definition) is 3. The summed E-state index contributed by atoms with van der Waals surface area (Å²) >= 11 is 0. The lowest BCUT2D eigenvalue weighted by Gasteiger charge is -2.29. The summed E-state index contributed by atoms with van der Waals surface area (Å²) in [5, 5.41) is 24.0. The number of phosphoric acid groups is 1. The van der Waals surface area contributed by atoms with Gasteiger partial charge in [0.25, 0.3) is 7.82 Å². The number of carbonyl (C=O) groups is 1. The maximum Gasteiger partial charge on any atom is 0.268 e. The van der Waals surface area contributed by atoms with Crippen LogP contribution in [-0.2, 0) is 18.4 Å². The molecule has 0 aliphatic heterocycles. The Labute approximate surface area is 288 Å². The van der Waals surface area contributed by atoms with Crippen molar-refractivity contribution in [1.82, 2.24) is 5.32 Å². The first-order chi connectivity index (χ1) is 22.4. The van der Waals surface area contributed by atoms with E-state index in [0.29, 0.717) is 17.4 Å². The van der Waals surface area contributed by atoms with E-state index < -0.39 is 38.6 Å². The van der Waals surface area contributed by atoms with E-state index in [4.69, 9.17) is 9.05 Å². The van der Waals surface area contributed by atoms with E-state index in [9.17, 15) is 24.5 Å². The fraction of sp³-hybridized carbons (Fsp3) is 0.865. The molecule has 278 valence electrons. The molecule has 0 saturated heterocycles. The molecule has 1 amide bonds. The summed E-state index contributed by atoms with van der Waals surface area (Å²) in [6.07, 6.45) is 28.4. The van der Waals surface area contributed by atoms with Gasteiger partial charge in [-0.25, -0.2) is 0 Å². The van der Waals surface area contributed by atoms with E-state index in [1.165, 1.54) is 70.6 Å². The van der Waals surface area contributed by atoms with Crippen molar-refractivity contribution < 1.29 is 38.0 Å². The molecule has 3 N–H and O–H groups in total. The molecule has 0 heterocycles. The van der Waals surface area contributed by atoms with Crippen LogP contribution in [0.25, 0.3) is 0 Å². The van der Waals surface area contributed by atoms with Crippen LogP contribution < -0.4 is 10.2 Å². The number of likely N-dealkylation sites (N-methyl/N-ethyl adjacent to an activating group) is 1. The van der Waals surface area contributed by atoms with Crippen LogP contribution in [0.3, 0.4) is 0 Å². The first-order valence-corrected chi connectivity index (χ1v) is 20.2. The Morgan fingerprint density at radius 1 is 0.766 bits per heavy atom. The molecule has 0 rings (SSSR count). The summed E-state index contributed by atoms with van der Waals surface area (Å²) in [5.41, 5.74) is 0. The minimum Gasteiger partial charge on any atom is -0.756 e. The van der Waals surface area contributed by atoms with Gasteiger partial charge in [-0.3, -0.25) is 9.36 Å². The standard InChI is InChI=1S/C37H73N2O7P/c1-6-8-10-12-14-16-17-18-19-21-23-25-27-29-36(41)35(33-46-47(43,44)45-31-30-39(3,4)5)38-37(42)32-34(40)28-26-24-22-20-15-13-11-9-7-2/h13,15,27,29,34-36,40-41H,6-12,14,16-26,28,30-33H2,1-5H3,(H-,38,42,43,44)/b15-13-,29-27+/t34?,35-,36+/m0/s1. The average Bonchev–Trinajstić information content (AvgIpc) is 2.99. The fourth-order valence-electron chi connectivity index (χ4n) is 5.12. The number of aliphatic hydroxyl groups is 2. The maximum absolute atomic E-state index is 12.8. The Morgan fingerprint density at radius 2 is 1.28 bits per heavy atom. The molecule has 0 radical (unpaired) electrons. The van der Waals surface area contributed by atoms with E-state index in [-0.39, 0.29) is 13.0 Å². The van der Waals surface area contributed by atoms with Crippen LogP contribution in [0.5, 0.6) is 0 Å². The van der Waals surface area contributed by atoms with Crippen molar-refractivity contribution in [3.8, 4) is 0 Å². The van der Waals surface area contributed by atoms with Gasteiger partial charge in [-0.1, -0.05) is 128 Å². The topological polar surface area (TPSA) is 128 Å². The van der Waals surface area contributed by atoms with Gasteiger partial charge in [0.2, 0.25) is 5.91 Å². The number of rotatable bonds is 33. The van der Waals surface area contributed by atoms with Gasteiger partial charge < -0.3 is 34.0 Å². The third-order valence-corrected chi connectivity index (χ3v) is 9.17. The smallest absolute Gasteiger partial charge is 0.268 e. The lowest BCUT2D eigenvalue weighted by atomic mass is 10.0. The predicted molar refractivity (Wildman–Crippen MR) is 193 cm³/mol. The number of nitrogens with zero attached hydrogens (tertiary/aromatic N) is 1. The van der Waals surface area contributed by atoms with Crippen molar-refractivity contribution in [3.63, 3.8) is 0 Å². The van der Waals surface area contributed by atoms with Gasteiger partial charge in [0.15, 0.2) is 0 Å². The molecule has 0 aromatic rings. The van der Waals surface area contributed by atoms with Gasteiger partial charge >= 0.3 is 0 Å². The summed E-state index contributed by atoms with van der Waals surface area (Å²) in [7, 11) is 1.13. The number of carbonyl (C=O) groups excluding carboxylic acids is 1. The zero-order valence-corrected chi connectivity index (χ0v) is 31.7. The molecule has 2 unspecified atom stereocenters. The number of unbranched alkanes of at least 4 members (excludes halogenated alkanes) is 16. The van der Waals surface area contributed by atoms with Crippen LogP contribution in [0.4, 0.5) is 0 Å². The summed E-state index contributed by atoms with van der Waals surface area (Å²) in [5.74, 6) is -0.463. The highest BCUT2D eigenvalue weighted by molar-refractivity contribution is 7.45. The quantitative estimate of drug-likeness (QED) is 0.0279. The Hall–Kier alpha value is -1.06. The van der Waals surface area contributed by atoms with E-state index >= 15 is 0 Å².